The molecule has 0 bridgehead atoms. The molecule has 1 aromatic carbocycles. The van der Waals surface area contributed by atoms with E-state index in [1.54, 1.807) is 0 Å². The number of carbonyl (C=O) groups excluding carboxylic acids is 1. The minimum absolute atomic E-state index is 0.179. The Hall–Kier alpha value is -1.33. The number of amides is 1. The first-order valence-electron chi connectivity index (χ1n) is 9.99. The van der Waals surface area contributed by atoms with Crippen LogP contribution in [-0.2, 0) is 7.05 Å². The van der Waals surface area contributed by atoms with E-state index in [9.17, 15) is 4.79 Å². The number of hydrogen-bond acceptors (Lipinski definition) is 3. The second kappa shape index (κ2) is 8.78. The van der Waals surface area contributed by atoms with Gasteiger partial charge in [0.1, 0.15) is 0 Å². The lowest BCUT2D eigenvalue weighted by molar-refractivity contribution is 0.0674. The third-order valence-electron chi connectivity index (χ3n) is 5.60. The molecule has 1 atom stereocenters. The highest BCUT2D eigenvalue weighted by molar-refractivity contribution is 8.16. The topological polar surface area (TPSA) is 25.2 Å². The molecule has 2 aliphatic rings. The average Bonchev–Trinajstić information content (AvgIpc) is 3.00. The summed E-state index contributed by atoms with van der Waals surface area (Å²) in [5, 5.41) is 0. The molecule has 27 heavy (non-hydrogen) atoms. The zero-order valence-electron chi connectivity index (χ0n) is 16.0. The lowest BCUT2D eigenvalue weighted by Gasteiger charge is -2.31. The molecule has 2 aromatic rings. The molecular formula is C22H28N2OS2. The largest absolute Gasteiger partial charge is 0.353 e. The van der Waals surface area contributed by atoms with Crippen molar-refractivity contribution in [3.8, 4) is 0 Å². The molecule has 0 spiro atoms. The van der Waals surface area contributed by atoms with Crippen LogP contribution in [0.3, 0.4) is 0 Å². The Bertz CT molecular complexity index is 765. The van der Waals surface area contributed by atoms with Gasteiger partial charge in [0.25, 0.3) is 5.91 Å². The lowest BCUT2D eigenvalue weighted by Crippen LogP contribution is -2.35. The molecule has 0 N–H and O–H groups in total. The SMILES string of the molecule is Cn1cccc1C1CCCCCN1C(=O)c1ccc(C2SCCCS2)cc1. The molecule has 2 aliphatic heterocycles. The van der Waals surface area contributed by atoms with Gasteiger partial charge < -0.3 is 9.47 Å². The summed E-state index contributed by atoms with van der Waals surface area (Å²) in [5.41, 5.74) is 3.42. The van der Waals surface area contributed by atoms with Gasteiger partial charge in [0.05, 0.1) is 10.6 Å². The van der Waals surface area contributed by atoms with Crippen LogP contribution in [0.1, 0.15) is 64.3 Å². The highest BCUT2D eigenvalue weighted by atomic mass is 32.2. The van der Waals surface area contributed by atoms with Crippen LogP contribution in [0.2, 0.25) is 0 Å². The predicted molar refractivity (Wildman–Crippen MR) is 116 cm³/mol. The molecule has 1 aromatic heterocycles. The van der Waals surface area contributed by atoms with E-state index >= 15 is 0 Å². The maximum Gasteiger partial charge on any atom is 0.254 e. The molecule has 144 valence electrons. The number of benzene rings is 1. The third kappa shape index (κ3) is 4.24. The van der Waals surface area contributed by atoms with Crippen LogP contribution in [-0.4, -0.2) is 33.4 Å². The number of thioether (sulfide) groups is 2. The van der Waals surface area contributed by atoms with Crippen LogP contribution < -0.4 is 0 Å². The van der Waals surface area contributed by atoms with E-state index in [1.165, 1.54) is 42.0 Å². The fourth-order valence-electron chi connectivity index (χ4n) is 4.11. The normalized spacial score (nSPS) is 21.8. The molecule has 1 unspecified atom stereocenters. The van der Waals surface area contributed by atoms with Crippen molar-refractivity contribution in [1.82, 2.24) is 9.47 Å². The van der Waals surface area contributed by atoms with Gasteiger partial charge in [0.2, 0.25) is 0 Å². The predicted octanol–water partition coefficient (Wildman–Crippen LogP) is 5.65. The summed E-state index contributed by atoms with van der Waals surface area (Å²) in [5.74, 6) is 2.66. The highest BCUT2D eigenvalue weighted by Gasteiger charge is 2.29. The molecule has 3 heterocycles. The van der Waals surface area contributed by atoms with Crippen LogP contribution in [0.15, 0.2) is 42.6 Å². The maximum absolute atomic E-state index is 13.4. The Morgan fingerprint density at radius 2 is 1.78 bits per heavy atom. The third-order valence-corrected chi connectivity index (χ3v) is 8.61. The van der Waals surface area contributed by atoms with Crippen LogP contribution in [0.4, 0.5) is 0 Å². The van der Waals surface area contributed by atoms with E-state index in [0.717, 1.165) is 24.9 Å². The zero-order chi connectivity index (χ0) is 18.6. The average molecular weight is 401 g/mol. The summed E-state index contributed by atoms with van der Waals surface area (Å²) in [7, 11) is 2.08. The second-order valence-corrected chi connectivity index (χ2v) is 10.2. The quantitative estimate of drug-likeness (QED) is 0.665. The van der Waals surface area contributed by atoms with Crippen LogP contribution in [0, 0.1) is 0 Å². The monoisotopic (exact) mass is 400 g/mol. The summed E-state index contributed by atoms with van der Waals surface area (Å²) < 4.78 is 2.69. The van der Waals surface area contributed by atoms with Crippen molar-refractivity contribution >= 4 is 29.4 Å². The Morgan fingerprint density at radius 1 is 1.00 bits per heavy atom. The fraction of sp³-hybridized carbons (Fsp3) is 0.500. The second-order valence-electron chi connectivity index (χ2n) is 7.46. The molecule has 0 saturated carbocycles. The molecule has 4 rings (SSSR count). The van der Waals surface area contributed by atoms with Crippen LogP contribution >= 0.6 is 23.5 Å². The first-order valence-corrected chi connectivity index (χ1v) is 12.1. The first-order chi connectivity index (χ1) is 13.2. The van der Waals surface area contributed by atoms with E-state index in [-0.39, 0.29) is 11.9 Å². The van der Waals surface area contributed by atoms with E-state index in [1.807, 2.05) is 35.7 Å². The molecule has 2 fully saturated rings. The molecular weight excluding hydrogens is 372 g/mol. The maximum atomic E-state index is 13.4. The molecule has 0 aliphatic carbocycles. The zero-order valence-corrected chi connectivity index (χ0v) is 17.6. The Balaban J connectivity index is 1.55. The van der Waals surface area contributed by atoms with E-state index in [4.69, 9.17) is 0 Å². The van der Waals surface area contributed by atoms with Crippen molar-refractivity contribution in [3.05, 3.63) is 59.4 Å². The van der Waals surface area contributed by atoms with Gasteiger partial charge in [0.15, 0.2) is 0 Å². The lowest BCUT2D eigenvalue weighted by atomic mass is 10.0. The first kappa shape index (κ1) is 19.0. The Labute approximate surface area is 170 Å². The number of hydrogen-bond donors (Lipinski definition) is 0. The Morgan fingerprint density at radius 3 is 2.48 bits per heavy atom. The van der Waals surface area contributed by atoms with Gasteiger partial charge in [0, 0.05) is 31.0 Å². The number of rotatable bonds is 3. The van der Waals surface area contributed by atoms with E-state index in [0.29, 0.717) is 4.58 Å². The van der Waals surface area contributed by atoms with E-state index in [2.05, 4.69) is 47.0 Å². The van der Waals surface area contributed by atoms with Crippen molar-refractivity contribution in [2.75, 3.05) is 18.1 Å². The number of nitrogens with zero attached hydrogens (tertiary/aromatic N) is 2. The Kier molecular flexibility index (Phi) is 6.18. The fourth-order valence-corrected chi connectivity index (χ4v) is 7.00. The van der Waals surface area contributed by atoms with Gasteiger partial charge in [-0.1, -0.05) is 25.0 Å². The molecule has 3 nitrogen and oxygen atoms in total. The summed E-state index contributed by atoms with van der Waals surface area (Å²) in [6, 6.07) is 12.8. The van der Waals surface area contributed by atoms with Gasteiger partial charge in [-0.25, -0.2) is 0 Å². The summed E-state index contributed by atoms with van der Waals surface area (Å²) in [6.45, 7) is 0.852. The summed E-state index contributed by atoms with van der Waals surface area (Å²) in [6.07, 6.45) is 7.93. The smallest absolute Gasteiger partial charge is 0.254 e. The van der Waals surface area contributed by atoms with Crippen molar-refractivity contribution in [2.45, 2.75) is 42.7 Å². The number of likely N-dealkylation sites (tertiary alicyclic amines) is 1. The molecule has 0 radical (unpaired) electrons. The summed E-state index contributed by atoms with van der Waals surface area (Å²) >= 11 is 4.05. The minimum Gasteiger partial charge on any atom is -0.353 e. The molecule has 5 heteroatoms. The molecule has 1 amide bonds. The molecule has 2 saturated heterocycles. The standard InChI is InChI=1S/C22H28N2OS2/c1-23-13-5-8-19(23)20-7-3-2-4-14-24(20)21(25)17-9-11-18(12-10-17)22-26-15-6-16-27-22/h5,8-13,20,22H,2-4,6-7,14-16H2,1H3. The van der Waals surface area contributed by atoms with Crippen LogP contribution in [0.25, 0.3) is 0 Å². The van der Waals surface area contributed by atoms with Crippen LogP contribution in [0.5, 0.6) is 0 Å². The van der Waals surface area contributed by atoms with Gasteiger partial charge in [-0.2, -0.15) is 0 Å². The number of aryl methyl sites for hydroxylation is 1. The van der Waals surface area contributed by atoms with Gasteiger partial charge in [-0.3, -0.25) is 4.79 Å². The van der Waals surface area contributed by atoms with E-state index < -0.39 is 0 Å². The minimum atomic E-state index is 0.179. The van der Waals surface area contributed by atoms with Crippen molar-refractivity contribution in [3.63, 3.8) is 0 Å². The number of carbonyl (C=O) groups is 1. The highest BCUT2D eigenvalue weighted by Crippen LogP contribution is 2.43. The van der Waals surface area contributed by atoms with Crippen molar-refractivity contribution in [1.29, 1.82) is 0 Å². The summed E-state index contributed by atoms with van der Waals surface area (Å²) in [4.78, 5) is 15.5. The van der Waals surface area contributed by atoms with Crippen molar-refractivity contribution in [2.24, 2.45) is 7.05 Å². The van der Waals surface area contributed by atoms with Crippen molar-refractivity contribution < 1.29 is 4.79 Å². The van der Waals surface area contributed by atoms with Gasteiger partial charge in [-0.05, 0) is 60.6 Å². The van der Waals surface area contributed by atoms with Gasteiger partial charge in [-0.15, -0.1) is 23.5 Å². The number of aromatic nitrogens is 1. The van der Waals surface area contributed by atoms with Gasteiger partial charge >= 0.3 is 0 Å².